The van der Waals surface area contributed by atoms with Crippen LogP contribution in [0.25, 0.3) is 0 Å². The van der Waals surface area contributed by atoms with E-state index >= 15 is 0 Å². The van der Waals surface area contributed by atoms with Crippen molar-refractivity contribution in [2.24, 2.45) is 0 Å². The zero-order valence-corrected chi connectivity index (χ0v) is 25.1. The molecule has 214 valence electrons. The lowest BCUT2D eigenvalue weighted by Crippen LogP contribution is -3.07. The number of nitrogens with zero attached hydrogens (tertiary/aromatic N) is 1. The minimum atomic E-state index is 1.19. The second-order valence-electron chi connectivity index (χ2n) is 12.5. The summed E-state index contributed by atoms with van der Waals surface area (Å²) in [6.07, 6.45) is 45.9. The van der Waals surface area contributed by atoms with Crippen LogP contribution in [0.5, 0.6) is 0 Å². The molecule has 1 unspecified atom stereocenters. The van der Waals surface area contributed by atoms with Crippen molar-refractivity contribution in [1.82, 2.24) is 0 Å². The van der Waals surface area contributed by atoms with Gasteiger partial charge in [-0.3, -0.25) is 0 Å². The van der Waals surface area contributed by atoms with Gasteiger partial charge < -0.3 is 4.90 Å². The molecule has 4 bridgehead atoms. The highest BCUT2D eigenvalue weighted by molar-refractivity contribution is 5.18. The third-order valence-corrected chi connectivity index (χ3v) is 8.87. The van der Waals surface area contributed by atoms with Gasteiger partial charge in [0.15, 0.2) is 12.4 Å². The van der Waals surface area contributed by atoms with Gasteiger partial charge >= 0.3 is 0 Å². The molecule has 0 aliphatic carbocycles. The van der Waals surface area contributed by atoms with E-state index in [1.165, 1.54) is 179 Å². The van der Waals surface area contributed by atoms with E-state index in [1.807, 2.05) is 0 Å². The second kappa shape index (κ2) is 21.4. The Labute approximate surface area is 237 Å². The van der Waals surface area contributed by atoms with E-state index in [0.717, 1.165) is 0 Å². The fourth-order valence-electron chi connectivity index (χ4n) is 6.41. The van der Waals surface area contributed by atoms with E-state index in [0.29, 0.717) is 0 Å². The van der Waals surface area contributed by atoms with Gasteiger partial charge in [-0.05, 0) is 57.1 Å². The Hall–Kier alpha value is -1.41. The first kappa shape index (κ1) is 31.1. The van der Waals surface area contributed by atoms with E-state index in [9.17, 15) is 0 Å². The topological polar surface area (TPSA) is 8.32 Å². The maximum absolute atomic E-state index is 2.55. The number of hydrogen-bond acceptors (Lipinski definition) is 0. The van der Waals surface area contributed by atoms with Crippen molar-refractivity contribution >= 4 is 0 Å². The number of hydrogen-bond donors (Lipinski definition) is 1. The summed E-state index contributed by atoms with van der Waals surface area (Å²) < 4.78 is 2.44. The molecule has 1 aromatic rings. The standard InChI is InChI=1S/C36H61N2/c1-2-5-9-13-17-21-29-37-31-24-28-36(34-37)26-20-16-12-8-4-6-10-14-18-22-30-38-32-23-27-35(33-38)25-19-15-11-7-3-1/h23-24,27-28,32-34H,1-22,25-26,29-31H2/q+1/p+1. The molecule has 3 heterocycles. The van der Waals surface area contributed by atoms with Gasteiger partial charge in [0.25, 0.3) is 0 Å². The van der Waals surface area contributed by atoms with Crippen molar-refractivity contribution in [2.45, 2.75) is 161 Å². The lowest BCUT2D eigenvalue weighted by molar-refractivity contribution is -0.841. The molecule has 2 heteroatoms. The van der Waals surface area contributed by atoms with Crippen molar-refractivity contribution in [2.75, 3.05) is 13.1 Å². The van der Waals surface area contributed by atoms with E-state index in [4.69, 9.17) is 0 Å². The zero-order valence-electron chi connectivity index (χ0n) is 25.1. The van der Waals surface area contributed by atoms with Crippen LogP contribution in [-0.4, -0.2) is 13.1 Å². The number of allylic oxidation sites excluding steroid dienone is 2. The SMILES string of the molecule is C1=CC2=C[NH+](C1)CCCCCCCCCCCCCCc1ccc[n+](c1)CCCCCCCCCCCC2. The predicted octanol–water partition coefficient (Wildman–Crippen LogP) is 8.84. The monoisotopic (exact) mass is 522 g/mol. The molecule has 1 N–H and O–H groups in total. The molecule has 2 aliphatic rings. The number of pyridine rings is 1. The Morgan fingerprint density at radius 3 is 1.71 bits per heavy atom. The predicted molar refractivity (Wildman–Crippen MR) is 164 cm³/mol. The number of quaternary nitrogens is 1. The molecule has 2 aliphatic heterocycles. The number of rotatable bonds is 0. The Balaban J connectivity index is 1.33. The third-order valence-electron chi connectivity index (χ3n) is 8.87. The molecule has 3 rings (SSSR count). The number of aromatic nitrogens is 1. The van der Waals surface area contributed by atoms with Crippen LogP contribution >= 0.6 is 0 Å². The van der Waals surface area contributed by atoms with Crippen LogP contribution in [-0.2, 0) is 13.0 Å². The highest BCUT2D eigenvalue weighted by Gasteiger charge is 2.10. The van der Waals surface area contributed by atoms with Gasteiger partial charge in [-0.25, -0.2) is 4.57 Å². The van der Waals surface area contributed by atoms with Gasteiger partial charge in [0.2, 0.25) is 0 Å². The first-order valence-corrected chi connectivity index (χ1v) is 17.1. The first-order valence-electron chi connectivity index (χ1n) is 17.1. The summed E-state index contributed by atoms with van der Waals surface area (Å²) in [5.74, 6) is 0. The van der Waals surface area contributed by atoms with E-state index in [2.05, 4.69) is 47.4 Å². The lowest BCUT2D eigenvalue weighted by atomic mass is 10.0. The first-order chi connectivity index (χ1) is 18.9. The number of aryl methyl sites for hydroxylation is 2. The Morgan fingerprint density at radius 1 is 0.553 bits per heavy atom. The largest absolute Gasteiger partial charge is 0.305 e. The van der Waals surface area contributed by atoms with Gasteiger partial charge in [0, 0.05) is 23.6 Å². The highest BCUT2D eigenvalue weighted by Crippen LogP contribution is 2.15. The minimum Gasteiger partial charge on any atom is -0.305 e. The molecule has 0 radical (unpaired) electrons. The van der Waals surface area contributed by atoms with E-state index in [1.54, 1.807) is 10.5 Å². The smallest absolute Gasteiger partial charge is 0.171 e. The van der Waals surface area contributed by atoms with E-state index < -0.39 is 0 Å². The fraction of sp³-hybridized carbons (Fsp3) is 0.750. The molecule has 2 nitrogen and oxygen atoms in total. The van der Waals surface area contributed by atoms with Gasteiger partial charge in [-0.2, -0.15) is 0 Å². The van der Waals surface area contributed by atoms with Gasteiger partial charge in [-0.1, -0.05) is 109 Å². The van der Waals surface area contributed by atoms with Crippen LogP contribution in [0, 0.1) is 0 Å². The molecule has 0 spiro atoms. The summed E-state index contributed by atoms with van der Waals surface area (Å²) >= 11 is 0. The van der Waals surface area contributed by atoms with Gasteiger partial charge in [-0.15, -0.1) is 0 Å². The van der Waals surface area contributed by atoms with E-state index in [-0.39, 0.29) is 0 Å². The van der Waals surface area contributed by atoms with Crippen molar-refractivity contribution in [3.63, 3.8) is 0 Å². The van der Waals surface area contributed by atoms with Crippen LogP contribution in [0.3, 0.4) is 0 Å². The third kappa shape index (κ3) is 15.2. The zero-order chi connectivity index (χ0) is 26.4. The Bertz CT molecular complexity index is 764. The summed E-state index contributed by atoms with van der Waals surface area (Å²) in [5.41, 5.74) is 3.13. The summed E-state index contributed by atoms with van der Waals surface area (Å²) in [7, 11) is 0. The second-order valence-corrected chi connectivity index (χ2v) is 12.5. The number of fused-ring (bicyclic) bond motifs is 3. The minimum absolute atomic E-state index is 1.19. The maximum atomic E-state index is 2.55. The fourth-order valence-corrected chi connectivity index (χ4v) is 6.41. The Morgan fingerprint density at radius 2 is 1.08 bits per heavy atom. The average Bonchev–Trinajstić information content (AvgIpc) is 2.94. The lowest BCUT2D eigenvalue weighted by Gasteiger charge is -2.18. The molecule has 1 atom stereocenters. The van der Waals surface area contributed by atoms with Crippen LogP contribution in [0.1, 0.15) is 153 Å². The summed E-state index contributed by atoms with van der Waals surface area (Å²) in [5, 5.41) is 0. The van der Waals surface area contributed by atoms with Gasteiger partial charge in [0.05, 0.1) is 12.7 Å². The molecule has 0 aromatic carbocycles. The summed E-state index contributed by atoms with van der Waals surface area (Å²) in [6, 6.07) is 4.60. The molecule has 0 saturated heterocycles. The highest BCUT2D eigenvalue weighted by atomic mass is 15.1. The van der Waals surface area contributed by atoms with Crippen LogP contribution in [0.15, 0.2) is 48.5 Å². The maximum Gasteiger partial charge on any atom is 0.171 e. The summed E-state index contributed by atoms with van der Waals surface area (Å²) in [4.78, 5) is 1.69. The molecule has 1 aromatic heterocycles. The molecule has 0 amide bonds. The molecule has 0 saturated carbocycles. The van der Waals surface area contributed by atoms with Crippen molar-refractivity contribution in [3.05, 3.63) is 54.0 Å². The van der Waals surface area contributed by atoms with Crippen LogP contribution in [0.2, 0.25) is 0 Å². The van der Waals surface area contributed by atoms with Gasteiger partial charge in [0.1, 0.15) is 13.1 Å². The quantitative estimate of drug-likeness (QED) is 0.326. The Kier molecular flexibility index (Phi) is 17.5. The van der Waals surface area contributed by atoms with Crippen LogP contribution in [0.4, 0.5) is 0 Å². The molecular weight excluding hydrogens is 460 g/mol. The van der Waals surface area contributed by atoms with Crippen LogP contribution < -0.4 is 9.47 Å². The van der Waals surface area contributed by atoms with Crippen molar-refractivity contribution in [1.29, 1.82) is 0 Å². The molecule has 0 fully saturated rings. The number of nitrogens with one attached hydrogen (secondary N) is 1. The van der Waals surface area contributed by atoms with Crippen molar-refractivity contribution < 1.29 is 9.47 Å². The molecule has 38 heavy (non-hydrogen) atoms. The normalized spacial score (nSPS) is 23.9. The van der Waals surface area contributed by atoms with Crippen molar-refractivity contribution in [3.8, 4) is 0 Å². The average molecular weight is 523 g/mol. The summed E-state index contributed by atoms with van der Waals surface area (Å²) in [6.45, 7) is 3.73. The molecular formula is C36H62N2+2.